The smallest absolute Gasteiger partial charge is 0.252 e. The van der Waals surface area contributed by atoms with E-state index in [1.165, 1.54) is 6.20 Å². The summed E-state index contributed by atoms with van der Waals surface area (Å²) in [7, 11) is 4.05. The summed E-state index contributed by atoms with van der Waals surface area (Å²) >= 11 is 1.10. The number of fused-ring (bicyclic) bond motifs is 1. The van der Waals surface area contributed by atoms with E-state index in [4.69, 9.17) is 0 Å². The van der Waals surface area contributed by atoms with Crippen LogP contribution in [0.15, 0.2) is 12.3 Å². The SMILES string of the molecule is CN(C)CC(C)(C)CNC(=O)c1cnc2nsnc2c1. The average Bonchev–Trinajstić information content (AvgIpc) is 2.81. The Kier molecular flexibility index (Phi) is 4.29. The Bertz CT molecular complexity index is 608. The highest BCUT2D eigenvalue weighted by molar-refractivity contribution is 7.00. The molecule has 0 aliphatic heterocycles. The van der Waals surface area contributed by atoms with Gasteiger partial charge in [-0.05, 0) is 25.6 Å². The van der Waals surface area contributed by atoms with Crippen molar-refractivity contribution < 1.29 is 4.79 Å². The number of hydrogen-bond acceptors (Lipinski definition) is 6. The summed E-state index contributed by atoms with van der Waals surface area (Å²) in [5, 5.41) is 2.95. The summed E-state index contributed by atoms with van der Waals surface area (Å²) in [5.74, 6) is -0.126. The molecule has 2 heterocycles. The van der Waals surface area contributed by atoms with Gasteiger partial charge in [-0.15, -0.1) is 0 Å². The lowest BCUT2D eigenvalue weighted by atomic mass is 9.93. The Labute approximate surface area is 122 Å². The van der Waals surface area contributed by atoms with Crippen LogP contribution in [0.2, 0.25) is 0 Å². The number of pyridine rings is 1. The molecule has 108 valence electrons. The van der Waals surface area contributed by atoms with Crippen LogP contribution in [-0.4, -0.2) is 51.7 Å². The third-order valence-electron chi connectivity index (χ3n) is 2.85. The third kappa shape index (κ3) is 3.71. The minimum Gasteiger partial charge on any atom is -0.351 e. The highest BCUT2D eigenvalue weighted by Gasteiger charge is 2.20. The fourth-order valence-corrected chi connectivity index (χ4v) is 2.63. The number of aromatic nitrogens is 3. The van der Waals surface area contributed by atoms with Crippen LogP contribution in [0.25, 0.3) is 11.2 Å². The summed E-state index contributed by atoms with van der Waals surface area (Å²) < 4.78 is 8.11. The Hall–Kier alpha value is -1.60. The van der Waals surface area contributed by atoms with Crippen molar-refractivity contribution >= 4 is 28.8 Å². The first-order valence-corrected chi connectivity index (χ1v) is 7.12. The first-order valence-electron chi connectivity index (χ1n) is 6.39. The molecule has 0 aromatic carbocycles. The van der Waals surface area contributed by atoms with Crippen LogP contribution in [0.1, 0.15) is 24.2 Å². The van der Waals surface area contributed by atoms with Crippen molar-refractivity contribution in [2.45, 2.75) is 13.8 Å². The predicted molar refractivity (Wildman–Crippen MR) is 79.9 cm³/mol. The van der Waals surface area contributed by atoms with Gasteiger partial charge in [0.1, 0.15) is 5.52 Å². The second-order valence-electron chi connectivity index (χ2n) is 5.92. The summed E-state index contributed by atoms with van der Waals surface area (Å²) in [6.07, 6.45) is 1.54. The molecule has 0 saturated heterocycles. The summed E-state index contributed by atoms with van der Waals surface area (Å²) in [6.45, 7) is 5.76. The molecule has 20 heavy (non-hydrogen) atoms. The highest BCUT2D eigenvalue weighted by Crippen LogP contribution is 2.15. The largest absolute Gasteiger partial charge is 0.351 e. The van der Waals surface area contributed by atoms with Gasteiger partial charge in [-0.3, -0.25) is 4.79 Å². The van der Waals surface area contributed by atoms with Crippen molar-refractivity contribution in [3.05, 3.63) is 17.8 Å². The van der Waals surface area contributed by atoms with Crippen molar-refractivity contribution in [1.29, 1.82) is 0 Å². The molecule has 0 atom stereocenters. The average molecular weight is 293 g/mol. The summed E-state index contributed by atoms with van der Waals surface area (Å²) in [5.41, 5.74) is 1.78. The van der Waals surface area contributed by atoms with Crippen molar-refractivity contribution in [3.8, 4) is 0 Å². The van der Waals surface area contributed by atoms with E-state index in [0.29, 0.717) is 23.3 Å². The Morgan fingerprint density at radius 3 is 2.85 bits per heavy atom. The van der Waals surface area contributed by atoms with Crippen LogP contribution in [0, 0.1) is 5.41 Å². The molecule has 0 aliphatic carbocycles. The molecular weight excluding hydrogens is 274 g/mol. The van der Waals surface area contributed by atoms with E-state index in [-0.39, 0.29) is 11.3 Å². The predicted octanol–water partition coefficient (Wildman–Crippen LogP) is 1.40. The molecule has 0 radical (unpaired) electrons. The Morgan fingerprint density at radius 2 is 2.15 bits per heavy atom. The van der Waals surface area contributed by atoms with Crippen LogP contribution in [0.4, 0.5) is 0 Å². The number of hydrogen-bond donors (Lipinski definition) is 1. The van der Waals surface area contributed by atoms with Gasteiger partial charge in [0.15, 0.2) is 5.65 Å². The quantitative estimate of drug-likeness (QED) is 0.902. The second kappa shape index (κ2) is 5.80. The van der Waals surface area contributed by atoms with Crippen LogP contribution in [0.5, 0.6) is 0 Å². The van der Waals surface area contributed by atoms with Crippen molar-refractivity contribution in [3.63, 3.8) is 0 Å². The van der Waals surface area contributed by atoms with Gasteiger partial charge in [0.2, 0.25) is 0 Å². The molecular formula is C13H19N5OS. The Balaban J connectivity index is 2.01. The maximum atomic E-state index is 12.1. The topological polar surface area (TPSA) is 71.0 Å². The van der Waals surface area contributed by atoms with Crippen molar-refractivity contribution in [1.82, 2.24) is 23.9 Å². The van der Waals surface area contributed by atoms with Gasteiger partial charge in [-0.1, -0.05) is 13.8 Å². The maximum Gasteiger partial charge on any atom is 0.252 e. The van der Waals surface area contributed by atoms with E-state index in [1.807, 2.05) is 14.1 Å². The minimum absolute atomic E-state index is 0.0128. The van der Waals surface area contributed by atoms with E-state index in [9.17, 15) is 4.79 Å². The zero-order valence-electron chi connectivity index (χ0n) is 12.2. The normalized spacial score (nSPS) is 12.1. The lowest BCUT2D eigenvalue weighted by Crippen LogP contribution is -2.40. The lowest BCUT2D eigenvalue weighted by molar-refractivity contribution is 0.0929. The third-order valence-corrected chi connectivity index (χ3v) is 3.38. The molecule has 0 aliphatic rings. The molecule has 1 N–H and O–H groups in total. The van der Waals surface area contributed by atoms with Gasteiger partial charge in [0.05, 0.1) is 17.3 Å². The van der Waals surface area contributed by atoms with Crippen LogP contribution in [0.3, 0.4) is 0 Å². The summed E-state index contributed by atoms with van der Waals surface area (Å²) in [4.78, 5) is 18.4. The van der Waals surface area contributed by atoms with E-state index < -0.39 is 0 Å². The number of carbonyl (C=O) groups excluding carboxylic acids is 1. The molecule has 2 rings (SSSR count). The van der Waals surface area contributed by atoms with Gasteiger partial charge in [-0.2, -0.15) is 8.75 Å². The van der Waals surface area contributed by atoms with Gasteiger partial charge >= 0.3 is 0 Å². The first kappa shape index (κ1) is 14.8. The molecule has 2 aromatic heterocycles. The fraction of sp³-hybridized carbons (Fsp3) is 0.538. The molecule has 0 spiro atoms. The van der Waals surface area contributed by atoms with E-state index in [1.54, 1.807) is 6.07 Å². The van der Waals surface area contributed by atoms with Gasteiger partial charge in [-0.25, -0.2) is 4.98 Å². The van der Waals surface area contributed by atoms with Crippen LogP contribution >= 0.6 is 11.7 Å². The molecule has 0 fully saturated rings. The monoisotopic (exact) mass is 293 g/mol. The van der Waals surface area contributed by atoms with Gasteiger partial charge in [0.25, 0.3) is 5.91 Å². The molecule has 1 amide bonds. The second-order valence-corrected chi connectivity index (χ2v) is 6.44. The molecule has 7 heteroatoms. The van der Waals surface area contributed by atoms with Gasteiger partial charge in [0, 0.05) is 19.3 Å². The minimum atomic E-state index is -0.126. The summed E-state index contributed by atoms with van der Waals surface area (Å²) in [6, 6.07) is 1.72. The Morgan fingerprint density at radius 1 is 1.40 bits per heavy atom. The zero-order chi connectivity index (χ0) is 14.8. The molecule has 2 aromatic rings. The number of amides is 1. The fourth-order valence-electron chi connectivity index (χ4n) is 2.14. The van der Waals surface area contributed by atoms with E-state index >= 15 is 0 Å². The number of carbonyl (C=O) groups is 1. The maximum absolute atomic E-state index is 12.1. The molecule has 0 bridgehead atoms. The van der Waals surface area contributed by atoms with Crippen molar-refractivity contribution in [2.24, 2.45) is 5.41 Å². The van der Waals surface area contributed by atoms with E-state index in [0.717, 1.165) is 18.3 Å². The number of rotatable bonds is 5. The standard InChI is InChI=1S/C13H19N5OS/c1-13(2,8-18(3)4)7-15-12(19)9-5-10-11(14-6-9)17-20-16-10/h5-6H,7-8H2,1-4H3,(H,15,19). The molecule has 0 saturated carbocycles. The molecule has 6 nitrogen and oxygen atoms in total. The van der Waals surface area contributed by atoms with E-state index in [2.05, 4.69) is 37.8 Å². The van der Waals surface area contributed by atoms with Crippen molar-refractivity contribution in [2.75, 3.05) is 27.2 Å². The highest BCUT2D eigenvalue weighted by atomic mass is 32.1. The lowest BCUT2D eigenvalue weighted by Gasteiger charge is -2.28. The molecule has 0 unspecified atom stereocenters. The number of nitrogens with zero attached hydrogens (tertiary/aromatic N) is 4. The number of nitrogens with one attached hydrogen (secondary N) is 1. The zero-order valence-corrected chi connectivity index (χ0v) is 13.0. The van der Waals surface area contributed by atoms with Crippen LogP contribution in [-0.2, 0) is 0 Å². The van der Waals surface area contributed by atoms with Gasteiger partial charge < -0.3 is 10.2 Å². The first-order chi connectivity index (χ1) is 9.37. The van der Waals surface area contributed by atoms with Crippen LogP contribution < -0.4 is 5.32 Å².